The molecule has 0 unspecified atom stereocenters. The van der Waals surface area contributed by atoms with Crippen molar-refractivity contribution in [2.24, 2.45) is 11.8 Å². The van der Waals surface area contributed by atoms with Gasteiger partial charge in [-0.3, -0.25) is 0 Å². The standard InChI is InChI=1S/C8H16O.C6H12/c1-4-6-9-7-5-8(2)3;1-4-5-6(2)3/h4,8H,1,5-7H2,2-3H3;4,6H,1,5H2,2-3H3. The molecule has 90 valence electrons. The Balaban J connectivity index is 0. The number of ether oxygens (including phenoxy) is 1. The zero-order valence-electron chi connectivity index (χ0n) is 11.0. The van der Waals surface area contributed by atoms with Crippen molar-refractivity contribution in [3.8, 4) is 0 Å². The smallest absolute Gasteiger partial charge is 0.0644 e. The van der Waals surface area contributed by atoms with Gasteiger partial charge in [0.1, 0.15) is 0 Å². The summed E-state index contributed by atoms with van der Waals surface area (Å²) in [6.07, 6.45) is 6.01. The topological polar surface area (TPSA) is 9.23 Å². The fourth-order valence-electron chi connectivity index (χ4n) is 0.819. The van der Waals surface area contributed by atoms with E-state index in [1.165, 1.54) is 0 Å². The van der Waals surface area contributed by atoms with Crippen LogP contribution in [0.25, 0.3) is 0 Å². The molecule has 0 rings (SSSR count). The highest BCUT2D eigenvalue weighted by Gasteiger charge is 1.91. The van der Waals surface area contributed by atoms with Crippen LogP contribution in [0.3, 0.4) is 0 Å². The molecular formula is C14H28O. The summed E-state index contributed by atoms with van der Waals surface area (Å²) in [6, 6.07) is 0. The van der Waals surface area contributed by atoms with Gasteiger partial charge < -0.3 is 4.74 Å². The Morgan fingerprint density at radius 2 is 1.60 bits per heavy atom. The maximum absolute atomic E-state index is 5.18. The van der Waals surface area contributed by atoms with E-state index in [0.717, 1.165) is 31.3 Å². The third-order valence-corrected chi connectivity index (χ3v) is 1.71. The molecule has 0 saturated carbocycles. The lowest BCUT2D eigenvalue weighted by atomic mass is 10.1. The maximum atomic E-state index is 5.18. The fraction of sp³-hybridized carbons (Fsp3) is 0.714. The molecular weight excluding hydrogens is 184 g/mol. The maximum Gasteiger partial charge on any atom is 0.0644 e. The Bertz CT molecular complexity index is 136. The molecule has 0 radical (unpaired) electrons. The van der Waals surface area contributed by atoms with Crippen LogP contribution in [0.4, 0.5) is 0 Å². The molecule has 0 spiro atoms. The molecule has 0 aliphatic carbocycles. The Hall–Kier alpha value is -0.560. The molecule has 1 heteroatoms. The molecule has 0 heterocycles. The molecule has 0 N–H and O–H groups in total. The highest BCUT2D eigenvalue weighted by Crippen LogP contribution is 1.98. The minimum absolute atomic E-state index is 0.687. The van der Waals surface area contributed by atoms with Crippen LogP contribution in [0, 0.1) is 11.8 Å². The van der Waals surface area contributed by atoms with Crippen LogP contribution in [0.5, 0.6) is 0 Å². The van der Waals surface area contributed by atoms with E-state index in [-0.39, 0.29) is 0 Å². The average molecular weight is 212 g/mol. The van der Waals surface area contributed by atoms with Crippen molar-refractivity contribution in [2.75, 3.05) is 13.2 Å². The van der Waals surface area contributed by atoms with E-state index in [9.17, 15) is 0 Å². The van der Waals surface area contributed by atoms with E-state index < -0.39 is 0 Å². The van der Waals surface area contributed by atoms with Crippen LogP contribution in [0.2, 0.25) is 0 Å². The Labute approximate surface area is 96.2 Å². The van der Waals surface area contributed by atoms with E-state index in [4.69, 9.17) is 4.74 Å². The first-order valence-corrected chi connectivity index (χ1v) is 5.84. The van der Waals surface area contributed by atoms with Crippen LogP contribution >= 0.6 is 0 Å². The van der Waals surface area contributed by atoms with Gasteiger partial charge in [0.05, 0.1) is 6.61 Å². The van der Waals surface area contributed by atoms with Crippen LogP contribution in [0.15, 0.2) is 25.3 Å². The summed E-state index contributed by atoms with van der Waals surface area (Å²) in [7, 11) is 0. The monoisotopic (exact) mass is 212 g/mol. The molecule has 0 aromatic heterocycles. The normalized spacial score (nSPS) is 9.73. The lowest BCUT2D eigenvalue weighted by molar-refractivity contribution is 0.150. The summed E-state index contributed by atoms with van der Waals surface area (Å²) in [4.78, 5) is 0. The van der Waals surface area contributed by atoms with Crippen molar-refractivity contribution in [3.05, 3.63) is 25.3 Å². The van der Waals surface area contributed by atoms with Gasteiger partial charge in [-0.2, -0.15) is 0 Å². The quantitative estimate of drug-likeness (QED) is 0.447. The van der Waals surface area contributed by atoms with Crippen molar-refractivity contribution < 1.29 is 4.74 Å². The molecule has 1 nitrogen and oxygen atoms in total. The SMILES string of the molecule is C=CCC(C)C.C=CCOCCC(C)C. The predicted octanol–water partition coefficient (Wildman–Crippen LogP) is 4.45. The zero-order valence-corrected chi connectivity index (χ0v) is 11.0. The molecule has 0 atom stereocenters. The molecule has 15 heavy (non-hydrogen) atoms. The summed E-state index contributed by atoms with van der Waals surface area (Å²) in [6.45, 7) is 17.5. The lowest BCUT2D eigenvalue weighted by Crippen LogP contribution is -1.98. The van der Waals surface area contributed by atoms with Gasteiger partial charge in [-0.15, -0.1) is 13.2 Å². The minimum atomic E-state index is 0.687. The average Bonchev–Trinajstić information content (AvgIpc) is 2.13. The van der Waals surface area contributed by atoms with E-state index in [0.29, 0.717) is 6.61 Å². The highest BCUT2D eigenvalue weighted by atomic mass is 16.5. The first-order valence-electron chi connectivity index (χ1n) is 5.84. The van der Waals surface area contributed by atoms with Crippen LogP contribution in [-0.4, -0.2) is 13.2 Å². The summed E-state index contributed by atoms with van der Waals surface area (Å²) in [5.74, 6) is 1.53. The molecule has 0 aliphatic heterocycles. The van der Waals surface area contributed by atoms with Crippen LogP contribution < -0.4 is 0 Å². The lowest BCUT2D eigenvalue weighted by Gasteiger charge is -2.02. The number of rotatable bonds is 7. The molecule has 0 saturated heterocycles. The highest BCUT2D eigenvalue weighted by molar-refractivity contribution is 4.67. The van der Waals surface area contributed by atoms with E-state index in [2.05, 4.69) is 40.9 Å². The van der Waals surface area contributed by atoms with Gasteiger partial charge in [-0.05, 0) is 24.7 Å². The van der Waals surface area contributed by atoms with Gasteiger partial charge in [0.2, 0.25) is 0 Å². The second kappa shape index (κ2) is 13.4. The van der Waals surface area contributed by atoms with Crippen LogP contribution in [-0.2, 0) is 4.74 Å². The predicted molar refractivity (Wildman–Crippen MR) is 70.1 cm³/mol. The zero-order chi connectivity index (χ0) is 12.1. The van der Waals surface area contributed by atoms with Gasteiger partial charge in [0, 0.05) is 6.61 Å². The third-order valence-electron chi connectivity index (χ3n) is 1.71. The summed E-state index contributed by atoms with van der Waals surface area (Å²) in [5.41, 5.74) is 0. The largest absolute Gasteiger partial charge is 0.377 e. The van der Waals surface area contributed by atoms with E-state index in [1.807, 2.05) is 6.08 Å². The Kier molecular flexibility index (Phi) is 15.1. The number of hydrogen-bond donors (Lipinski definition) is 0. The second-order valence-corrected chi connectivity index (χ2v) is 4.46. The summed E-state index contributed by atoms with van der Waals surface area (Å²) in [5, 5.41) is 0. The van der Waals surface area contributed by atoms with Crippen molar-refractivity contribution >= 4 is 0 Å². The molecule has 0 aromatic rings. The third kappa shape index (κ3) is 24.7. The second-order valence-electron chi connectivity index (χ2n) is 4.46. The van der Waals surface area contributed by atoms with Crippen molar-refractivity contribution in [2.45, 2.75) is 40.5 Å². The van der Waals surface area contributed by atoms with Gasteiger partial charge in [0.25, 0.3) is 0 Å². The van der Waals surface area contributed by atoms with Gasteiger partial charge >= 0.3 is 0 Å². The summed E-state index contributed by atoms with van der Waals surface area (Å²) < 4.78 is 5.18. The summed E-state index contributed by atoms with van der Waals surface area (Å²) >= 11 is 0. The van der Waals surface area contributed by atoms with Crippen molar-refractivity contribution in [3.63, 3.8) is 0 Å². The number of allylic oxidation sites excluding steroid dienone is 1. The molecule has 0 amide bonds. The Morgan fingerprint density at radius 3 is 1.87 bits per heavy atom. The number of hydrogen-bond acceptors (Lipinski definition) is 1. The molecule has 0 aliphatic rings. The molecule has 0 bridgehead atoms. The van der Waals surface area contributed by atoms with E-state index >= 15 is 0 Å². The fourth-order valence-corrected chi connectivity index (χ4v) is 0.819. The van der Waals surface area contributed by atoms with Gasteiger partial charge in [0.15, 0.2) is 0 Å². The van der Waals surface area contributed by atoms with E-state index in [1.54, 1.807) is 6.08 Å². The van der Waals surface area contributed by atoms with Gasteiger partial charge in [-0.25, -0.2) is 0 Å². The minimum Gasteiger partial charge on any atom is -0.377 e. The Morgan fingerprint density at radius 1 is 1.00 bits per heavy atom. The first-order chi connectivity index (χ1) is 7.04. The van der Waals surface area contributed by atoms with Crippen LogP contribution in [0.1, 0.15) is 40.5 Å². The van der Waals surface area contributed by atoms with Crippen molar-refractivity contribution in [1.29, 1.82) is 0 Å². The molecule has 0 aromatic carbocycles. The van der Waals surface area contributed by atoms with Gasteiger partial charge in [-0.1, -0.05) is 39.8 Å². The van der Waals surface area contributed by atoms with Crippen molar-refractivity contribution in [1.82, 2.24) is 0 Å². The molecule has 0 fully saturated rings. The first kappa shape index (κ1) is 16.9.